The predicted octanol–water partition coefficient (Wildman–Crippen LogP) is -1.09. The highest BCUT2D eigenvalue weighted by atomic mass is 19.4. The van der Waals surface area contributed by atoms with Crippen molar-refractivity contribution in [2.24, 2.45) is 0 Å². The number of anilines is 1. The van der Waals surface area contributed by atoms with Crippen molar-refractivity contribution in [1.29, 1.82) is 0 Å². The van der Waals surface area contributed by atoms with E-state index in [0.29, 0.717) is 5.69 Å². The number of quaternary nitrogens is 2. The van der Waals surface area contributed by atoms with Gasteiger partial charge in [-0.05, 0) is 24.3 Å². The third-order valence-corrected chi connectivity index (χ3v) is 3.59. The van der Waals surface area contributed by atoms with E-state index >= 15 is 0 Å². The Morgan fingerprint density at radius 3 is 2.50 bits per heavy atom. The third-order valence-electron chi connectivity index (χ3n) is 3.59. The number of amides is 1. The molecule has 1 aromatic carbocycles. The Hall–Kier alpha value is -1.84. The minimum atomic E-state index is -4.72. The zero-order valence-corrected chi connectivity index (χ0v) is 13.4. The van der Waals surface area contributed by atoms with Crippen molar-refractivity contribution >= 4 is 11.6 Å². The summed E-state index contributed by atoms with van der Waals surface area (Å²) >= 11 is 0. The van der Waals surface area contributed by atoms with Crippen LogP contribution >= 0.6 is 0 Å². The zero-order chi connectivity index (χ0) is 17.6. The van der Waals surface area contributed by atoms with Gasteiger partial charge in [0.15, 0.2) is 6.54 Å². The van der Waals surface area contributed by atoms with Gasteiger partial charge in [0, 0.05) is 5.69 Å². The number of rotatable bonds is 6. The Kier molecular flexibility index (Phi) is 6.41. The number of ether oxygens (including phenoxy) is 2. The molecule has 1 amide bonds. The van der Waals surface area contributed by atoms with Crippen molar-refractivity contribution in [1.82, 2.24) is 0 Å². The Morgan fingerprint density at radius 1 is 1.29 bits per heavy atom. The van der Waals surface area contributed by atoms with Crippen LogP contribution in [0.25, 0.3) is 0 Å². The van der Waals surface area contributed by atoms with E-state index in [4.69, 9.17) is 4.74 Å². The molecule has 24 heavy (non-hydrogen) atoms. The van der Waals surface area contributed by atoms with Gasteiger partial charge >= 0.3 is 6.36 Å². The average molecular weight is 349 g/mol. The molecule has 2 rings (SSSR count). The molecule has 1 unspecified atom stereocenters. The van der Waals surface area contributed by atoms with E-state index in [0.717, 1.165) is 50.0 Å². The molecule has 0 saturated carbocycles. The summed E-state index contributed by atoms with van der Waals surface area (Å²) < 4.78 is 45.3. The van der Waals surface area contributed by atoms with Crippen molar-refractivity contribution in [2.45, 2.75) is 6.36 Å². The maximum absolute atomic E-state index is 12.1. The van der Waals surface area contributed by atoms with Gasteiger partial charge in [0.05, 0.1) is 20.3 Å². The predicted molar refractivity (Wildman–Crippen MR) is 79.9 cm³/mol. The van der Waals surface area contributed by atoms with Crippen molar-refractivity contribution in [2.75, 3.05) is 51.9 Å². The Balaban J connectivity index is 1.76. The van der Waals surface area contributed by atoms with Crippen LogP contribution < -0.4 is 19.9 Å². The maximum atomic E-state index is 12.1. The standard InChI is InChI=1S/C15H20F3N3O3/c1-20(11-21-6-8-23-9-7-21)10-14(22)19-12-2-4-13(5-3-12)24-15(16,17)18/h2-5H,6-11H2,1H3,(H,19,22)/p+2. The van der Waals surface area contributed by atoms with Crippen LogP contribution in [0.3, 0.4) is 0 Å². The van der Waals surface area contributed by atoms with Crippen LogP contribution in [-0.2, 0) is 9.53 Å². The van der Waals surface area contributed by atoms with Crippen LogP contribution in [-0.4, -0.2) is 58.8 Å². The molecular formula is C15H22F3N3O3+2. The highest BCUT2D eigenvalue weighted by Crippen LogP contribution is 2.23. The molecule has 1 aliphatic rings. The number of hydrogen-bond donors (Lipinski definition) is 3. The second-order valence-electron chi connectivity index (χ2n) is 5.79. The molecule has 1 aliphatic heterocycles. The quantitative estimate of drug-likeness (QED) is 0.612. The lowest BCUT2D eigenvalue weighted by atomic mass is 10.3. The summed E-state index contributed by atoms with van der Waals surface area (Å²) in [5.74, 6) is -0.510. The average Bonchev–Trinajstić information content (AvgIpc) is 2.48. The summed E-state index contributed by atoms with van der Waals surface area (Å²) in [4.78, 5) is 14.4. The molecule has 0 spiro atoms. The molecule has 0 aromatic heterocycles. The molecule has 0 aliphatic carbocycles. The van der Waals surface area contributed by atoms with Crippen molar-refractivity contribution in [3.8, 4) is 5.75 Å². The van der Waals surface area contributed by atoms with Gasteiger partial charge in [-0.3, -0.25) is 14.6 Å². The monoisotopic (exact) mass is 349 g/mol. The second-order valence-corrected chi connectivity index (χ2v) is 5.79. The van der Waals surface area contributed by atoms with Crippen LogP contribution in [0.4, 0.5) is 18.9 Å². The number of halogens is 3. The fraction of sp³-hybridized carbons (Fsp3) is 0.533. The van der Waals surface area contributed by atoms with E-state index < -0.39 is 6.36 Å². The molecule has 3 N–H and O–H groups in total. The van der Waals surface area contributed by atoms with E-state index in [2.05, 4.69) is 10.1 Å². The normalized spacial score (nSPS) is 17.3. The fourth-order valence-electron chi connectivity index (χ4n) is 2.55. The largest absolute Gasteiger partial charge is 0.573 e. The first-order valence-electron chi connectivity index (χ1n) is 7.70. The van der Waals surface area contributed by atoms with E-state index in [1.54, 1.807) is 0 Å². The maximum Gasteiger partial charge on any atom is 0.573 e. The van der Waals surface area contributed by atoms with Gasteiger partial charge in [-0.25, -0.2) is 0 Å². The summed E-state index contributed by atoms with van der Waals surface area (Å²) in [7, 11) is 1.93. The molecule has 0 bridgehead atoms. The molecule has 1 fully saturated rings. The molecule has 1 heterocycles. The van der Waals surface area contributed by atoms with Gasteiger partial charge in [-0.2, -0.15) is 0 Å². The number of carbonyl (C=O) groups excluding carboxylic acids is 1. The minimum absolute atomic E-state index is 0.190. The van der Waals surface area contributed by atoms with E-state index in [-0.39, 0.29) is 18.2 Å². The summed E-state index contributed by atoms with van der Waals surface area (Å²) in [6, 6.07) is 5.08. The number of carbonyl (C=O) groups is 1. The molecule has 1 aromatic rings. The number of morpholine rings is 1. The first-order chi connectivity index (χ1) is 11.3. The first-order valence-corrected chi connectivity index (χ1v) is 7.70. The van der Waals surface area contributed by atoms with Crippen LogP contribution in [0.2, 0.25) is 0 Å². The van der Waals surface area contributed by atoms with Gasteiger partial charge in [0.1, 0.15) is 18.8 Å². The molecular weight excluding hydrogens is 327 g/mol. The van der Waals surface area contributed by atoms with Gasteiger partial charge in [0.2, 0.25) is 6.67 Å². The van der Waals surface area contributed by atoms with Crippen LogP contribution in [0.15, 0.2) is 24.3 Å². The molecule has 1 saturated heterocycles. The van der Waals surface area contributed by atoms with Gasteiger partial charge in [-0.1, -0.05) is 0 Å². The number of nitrogens with one attached hydrogen (secondary N) is 3. The first kappa shape index (κ1) is 18.5. The highest BCUT2D eigenvalue weighted by molar-refractivity contribution is 5.91. The number of hydrogen-bond acceptors (Lipinski definition) is 3. The zero-order valence-electron chi connectivity index (χ0n) is 13.4. The molecule has 6 nitrogen and oxygen atoms in total. The summed E-state index contributed by atoms with van der Waals surface area (Å²) in [6.45, 7) is 4.43. The van der Waals surface area contributed by atoms with E-state index in [9.17, 15) is 18.0 Å². The number of benzene rings is 1. The fourth-order valence-corrected chi connectivity index (χ4v) is 2.55. The van der Waals surface area contributed by atoms with Crippen molar-refractivity contribution < 1.29 is 37.2 Å². The lowest BCUT2D eigenvalue weighted by molar-refractivity contribution is -1.08. The smallest absolute Gasteiger partial charge is 0.406 e. The SMILES string of the molecule is C[NH+](CC(=O)Nc1ccc(OC(F)(F)F)cc1)C[NH+]1CCOCC1. The molecule has 9 heteroatoms. The Bertz CT molecular complexity index is 531. The third kappa shape index (κ3) is 6.73. The summed E-state index contributed by atoms with van der Waals surface area (Å²) in [6.07, 6.45) is -4.72. The van der Waals surface area contributed by atoms with E-state index in [1.165, 1.54) is 17.0 Å². The van der Waals surface area contributed by atoms with Crippen LogP contribution in [0.1, 0.15) is 0 Å². The summed E-state index contributed by atoms with van der Waals surface area (Å²) in [5.41, 5.74) is 0.432. The number of likely N-dealkylation sites (N-methyl/N-ethyl adjacent to an activating group) is 1. The lowest BCUT2D eigenvalue weighted by Crippen LogP contribution is -3.31. The summed E-state index contributed by atoms with van der Waals surface area (Å²) in [5, 5.41) is 2.67. The van der Waals surface area contributed by atoms with Crippen LogP contribution in [0.5, 0.6) is 5.75 Å². The van der Waals surface area contributed by atoms with Gasteiger partial charge in [-0.15, -0.1) is 13.2 Å². The van der Waals surface area contributed by atoms with Crippen molar-refractivity contribution in [3.63, 3.8) is 0 Å². The van der Waals surface area contributed by atoms with E-state index in [1.807, 2.05) is 7.05 Å². The second kappa shape index (κ2) is 8.32. The van der Waals surface area contributed by atoms with Gasteiger partial charge < -0.3 is 14.8 Å². The van der Waals surface area contributed by atoms with Crippen LogP contribution in [0, 0.1) is 0 Å². The Morgan fingerprint density at radius 2 is 1.92 bits per heavy atom. The van der Waals surface area contributed by atoms with Crippen molar-refractivity contribution in [3.05, 3.63) is 24.3 Å². The lowest BCUT2D eigenvalue weighted by Gasteiger charge is -2.25. The molecule has 1 atom stereocenters. The van der Waals surface area contributed by atoms with Gasteiger partial charge in [0.25, 0.3) is 5.91 Å². The topological polar surface area (TPSA) is 56.4 Å². The Labute approximate surface area is 138 Å². The highest BCUT2D eigenvalue weighted by Gasteiger charge is 2.31. The number of alkyl halides is 3. The minimum Gasteiger partial charge on any atom is -0.406 e. The molecule has 134 valence electrons. The molecule has 0 radical (unpaired) electrons.